The monoisotopic (exact) mass is 385 g/mol. The molecular weight excluding hydrogens is 362 g/mol. The van der Waals surface area contributed by atoms with Gasteiger partial charge in [-0.05, 0) is 37.3 Å². The Bertz CT molecular complexity index is 1040. The number of fused-ring (bicyclic) bond motifs is 2. The number of aliphatic carboxylic acids is 1. The molecule has 0 radical (unpaired) electrons. The highest BCUT2D eigenvalue weighted by atomic mass is 16.4. The molecule has 1 aliphatic heterocycles. The summed E-state index contributed by atoms with van der Waals surface area (Å²) in [6.45, 7) is 0.0924. The maximum absolute atomic E-state index is 13.0. The van der Waals surface area contributed by atoms with Gasteiger partial charge in [-0.2, -0.15) is 0 Å². The number of aryl methyl sites for hydroxylation is 1. The highest BCUT2D eigenvalue weighted by Gasteiger charge is 2.47. The van der Waals surface area contributed by atoms with Gasteiger partial charge in [0.1, 0.15) is 6.04 Å². The third kappa shape index (κ3) is 3.12. The summed E-state index contributed by atoms with van der Waals surface area (Å²) in [6.07, 6.45) is 4.40. The minimum absolute atomic E-state index is 0.0168. The van der Waals surface area contributed by atoms with E-state index in [1.165, 1.54) is 4.57 Å². The SMILES string of the molecule is O=C(O)[C@@H]1C[C@@H]2CCCC[C@H]2N1C(=O)CCn1c(=O)[nH]c(=O)c2ccccc21. The van der Waals surface area contributed by atoms with Crippen LogP contribution in [-0.2, 0) is 16.1 Å². The van der Waals surface area contributed by atoms with E-state index in [0.29, 0.717) is 17.3 Å². The number of carbonyl (C=O) groups is 2. The molecule has 1 aliphatic carbocycles. The number of likely N-dealkylation sites (tertiary alicyclic amines) is 1. The number of carboxylic acid groups (broad SMARTS) is 1. The van der Waals surface area contributed by atoms with Crippen LogP contribution in [0, 0.1) is 5.92 Å². The standard InChI is InChI=1S/C20H23N3O5/c24-17(23-14-7-3-1-5-12(14)11-16(23)19(26)27)9-10-22-15-8-4-2-6-13(15)18(25)21-20(22)28/h2,4,6,8,12,14,16H,1,3,5,7,9-11H2,(H,26,27)(H,21,25,28)/t12-,14+,16-/m0/s1. The van der Waals surface area contributed by atoms with E-state index >= 15 is 0 Å². The number of hydrogen-bond acceptors (Lipinski definition) is 4. The van der Waals surface area contributed by atoms with Gasteiger partial charge in [-0.1, -0.05) is 25.0 Å². The third-order valence-corrected chi connectivity index (χ3v) is 6.12. The minimum Gasteiger partial charge on any atom is -0.480 e. The molecule has 1 saturated heterocycles. The summed E-state index contributed by atoms with van der Waals surface area (Å²) >= 11 is 0. The second-order valence-corrected chi connectivity index (χ2v) is 7.68. The Balaban J connectivity index is 1.59. The van der Waals surface area contributed by atoms with Crippen LogP contribution in [0.15, 0.2) is 33.9 Å². The molecular formula is C20H23N3O5. The highest BCUT2D eigenvalue weighted by Crippen LogP contribution is 2.40. The first-order valence-corrected chi connectivity index (χ1v) is 9.73. The summed E-state index contributed by atoms with van der Waals surface area (Å²) in [5.41, 5.74) is -0.558. The number of nitrogens with one attached hydrogen (secondary N) is 1. The van der Waals surface area contributed by atoms with Gasteiger partial charge in [0.15, 0.2) is 0 Å². The summed E-state index contributed by atoms with van der Waals surface area (Å²) in [7, 11) is 0. The Labute approximate surface area is 160 Å². The van der Waals surface area contributed by atoms with Crippen molar-refractivity contribution in [3.05, 3.63) is 45.1 Å². The molecule has 2 N–H and O–H groups in total. The number of H-pyrrole nitrogens is 1. The first-order valence-electron chi connectivity index (χ1n) is 9.73. The lowest BCUT2D eigenvalue weighted by atomic mass is 9.84. The molecule has 1 amide bonds. The Hall–Kier alpha value is -2.90. The maximum Gasteiger partial charge on any atom is 0.328 e. The number of carbonyl (C=O) groups excluding carboxylic acids is 1. The van der Waals surface area contributed by atoms with Crippen molar-refractivity contribution in [3.8, 4) is 0 Å². The summed E-state index contributed by atoms with van der Waals surface area (Å²) in [5, 5.41) is 9.97. The predicted molar refractivity (Wildman–Crippen MR) is 102 cm³/mol. The number of para-hydroxylation sites is 1. The van der Waals surface area contributed by atoms with E-state index in [2.05, 4.69) is 4.98 Å². The van der Waals surface area contributed by atoms with Crippen LogP contribution in [0.4, 0.5) is 0 Å². The Kier molecular flexibility index (Phi) is 4.78. The molecule has 3 atom stereocenters. The Morgan fingerprint density at radius 3 is 2.68 bits per heavy atom. The summed E-state index contributed by atoms with van der Waals surface area (Å²) in [6, 6.07) is 5.93. The van der Waals surface area contributed by atoms with Crippen molar-refractivity contribution in [2.24, 2.45) is 5.92 Å². The second-order valence-electron chi connectivity index (χ2n) is 7.68. The summed E-state index contributed by atoms with van der Waals surface area (Å²) in [5.74, 6) is -0.964. The quantitative estimate of drug-likeness (QED) is 0.824. The number of amides is 1. The number of nitrogens with zero attached hydrogens (tertiary/aromatic N) is 2. The summed E-state index contributed by atoms with van der Waals surface area (Å²) in [4.78, 5) is 52.8. The second kappa shape index (κ2) is 7.26. The van der Waals surface area contributed by atoms with Gasteiger partial charge in [-0.25, -0.2) is 9.59 Å². The van der Waals surface area contributed by atoms with Gasteiger partial charge in [0.2, 0.25) is 5.91 Å². The first-order chi connectivity index (χ1) is 13.5. The van der Waals surface area contributed by atoms with Gasteiger partial charge in [0, 0.05) is 19.0 Å². The van der Waals surface area contributed by atoms with E-state index in [4.69, 9.17) is 0 Å². The van der Waals surface area contributed by atoms with Gasteiger partial charge in [-0.3, -0.25) is 19.1 Å². The van der Waals surface area contributed by atoms with Crippen LogP contribution in [0.2, 0.25) is 0 Å². The summed E-state index contributed by atoms with van der Waals surface area (Å²) < 4.78 is 1.37. The molecule has 1 aromatic carbocycles. The topological polar surface area (TPSA) is 112 Å². The van der Waals surface area contributed by atoms with Gasteiger partial charge >= 0.3 is 11.7 Å². The van der Waals surface area contributed by atoms with Crippen molar-refractivity contribution in [2.45, 2.75) is 57.2 Å². The molecule has 148 valence electrons. The van der Waals surface area contributed by atoms with Crippen molar-refractivity contribution in [1.82, 2.24) is 14.5 Å². The molecule has 8 heteroatoms. The normalized spacial score (nSPS) is 24.3. The van der Waals surface area contributed by atoms with Crippen molar-refractivity contribution < 1.29 is 14.7 Å². The predicted octanol–water partition coefficient (Wildman–Crippen LogP) is 1.32. The van der Waals surface area contributed by atoms with Crippen LogP contribution in [0.1, 0.15) is 38.5 Å². The number of hydrogen-bond donors (Lipinski definition) is 2. The lowest BCUT2D eigenvalue weighted by molar-refractivity contribution is -0.150. The largest absolute Gasteiger partial charge is 0.480 e. The van der Waals surface area contributed by atoms with Crippen LogP contribution >= 0.6 is 0 Å². The van der Waals surface area contributed by atoms with Crippen LogP contribution in [0.25, 0.3) is 10.9 Å². The van der Waals surface area contributed by atoms with Crippen LogP contribution in [0.3, 0.4) is 0 Å². The number of aromatic amines is 1. The zero-order valence-electron chi connectivity index (χ0n) is 15.5. The average Bonchev–Trinajstić information content (AvgIpc) is 3.07. The smallest absolute Gasteiger partial charge is 0.328 e. The number of aromatic nitrogens is 2. The van der Waals surface area contributed by atoms with E-state index in [9.17, 15) is 24.3 Å². The van der Waals surface area contributed by atoms with Crippen molar-refractivity contribution in [1.29, 1.82) is 0 Å². The number of benzene rings is 1. The van der Waals surface area contributed by atoms with Crippen molar-refractivity contribution in [3.63, 3.8) is 0 Å². The lowest BCUT2D eigenvalue weighted by Gasteiger charge is -2.33. The molecule has 28 heavy (non-hydrogen) atoms. The van der Waals surface area contributed by atoms with E-state index in [0.717, 1.165) is 25.7 Å². The molecule has 2 fully saturated rings. The molecule has 1 saturated carbocycles. The van der Waals surface area contributed by atoms with Gasteiger partial charge in [0.05, 0.1) is 10.9 Å². The minimum atomic E-state index is -0.964. The van der Waals surface area contributed by atoms with E-state index < -0.39 is 23.3 Å². The molecule has 4 rings (SSSR count). The van der Waals surface area contributed by atoms with Crippen LogP contribution in [0.5, 0.6) is 0 Å². The molecule has 0 bridgehead atoms. The van der Waals surface area contributed by atoms with Crippen LogP contribution < -0.4 is 11.2 Å². The molecule has 2 aromatic rings. The van der Waals surface area contributed by atoms with Gasteiger partial charge in [-0.15, -0.1) is 0 Å². The van der Waals surface area contributed by atoms with Crippen LogP contribution in [-0.4, -0.2) is 43.5 Å². The molecule has 1 aromatic heterocycles. The fourth-order valence-corrected chi connectivity index (χ4v) is 4.84. The average molecular weight is 385 g/mol. The fourth-order valence-electron chi connectivity index (χ4n) is 4.84. The molecule has 2 heterocycles. The van der Waals surface area contributed by atoms with Crippen molar-refractivity contribution in [2.75, 3.05) is 0 Å². The molecule has 2 aliphatic rings. The van der Waals surface area contributed by atoms with Gasteiger partial charge in [0.25, 0.3) is 5.56 Å². The number of carboxylic acids is 1. The lowest BCUT2D eigenvalue weighted by Crippen LogP contribution is -2.46. The molecule has 0 spiro atoms. The highest BCUT2D eigenvalue weighted by molar-refractivity contribution is 5.85. The zero-order chi connectivity index (χ0) is 19.8. The van der Waals surface area contributed by atoms with E-state index in [1.807, 2.05) is 0 Å². The van der Waals surface area contributed by atoms with E-state index in [1.54, 1.807) is 29.2 Å². The zero-order valence-corrected chi connectivity index (χ0v) is 15.5. The molecule has 8 nitrogen and oxygen atoms in total. The number of rotatable bonds is 4. The maximum atomic E-state index is 13.0. The fraction of sp³-hybridized carbons (Fsp3) is 0.500. The first kappa shape index (κ1) is 18.5. The third-order valence-electron chi connectivity index (χ3n) is 6.12. The van der Waals surface area contributed by atoms with E-state index in [-0.39, 0.29) is 30.8 Å². The Morgan fingerprint density at radius 1 is 1.14 bits per heavy atom. The van der Waals surface area contributed by atoms with Crippen molar-refractivity contribution >= 4 is 22.8 Å². The molecule has 0 unspecified atom stereocenters. The van der Waals surface area contributed by atoms with Gasteiger partial charge < -0.3 is 10.0 Å². The Morgan fingerprint density at radius 2 is 1.89 bits per heavy atom.